The number of halogens is 1. The smallest absolute Gasteiger partial charge is 0.277 e. The van der Waals surface area contributed by atoms with E-state index in [-0.39, 0.29) is 21.0 Å². The van der Waals surface area contributed by atoms with Gasteiger partial charge < -0.3 is 9.73 Å². The van der Waals surface area contributed by atoms with Crippen molar-refractivity contribution >= 4 is 45.0 Å². The van der Waals surface area contributed by atoms with Crippen LogP contribution in [0.4, 0.5) is 5.69 Å². The molecule has 0 spiro atoms. The van der Waals surface area contributed by atoms with Gasteiger partial charge in [-0.2, -0.15) is 0 Å². The normalized spacial score (nSPS) is 12.7. The number of nitrogens with one attached hydrogen (secondary N) is 1. The van der Waals surface area contributed by atoms with E-state index in [0.29, 0.717) is 11.6 Å². The number of aryl methyl sites for hydroxylation is 2. The van der Waals surface area contributed by atoms with E-state index in [1.807, 2.05) is 32.0 Å². The summed E-state index contributed by atoms with van der Waals surface area (Å²) in [5.74, 6) is 0.0276. The van der Waals surface area contributed by atoms with Crippen LogP contribution in [0.25, 0.3) is 11.5 Å². The van der Waals surface area contributed by atoms with E-state index in [2.05, 4.69) is 15.5 Å². The number of rotatable bonds is 7. The lowest BCUT2D eigenvalue weighted by molar-refractivity contribution is -0.115. The molecule has 1 heterocycles. The second kappa shape index (κ2) is 9.62. The van der Waals surface area contributed by atoms with Gasteiger partial charge in [-0.3, -0.25) is 4.79 Å². The molecule has 0 radical (unpaired) electrons. The zero-order valence-corrected chi connectivity index (χ0v) is 20.6. The summed E-state index contributed by atoms with van der Waals surface area (Å²) in [7, 11) is -0.935. The lowest BCUT2D eigenvalue weighted by Gasteiger charge is -2.15. The number of thioether (sulfide) groups is 1. The monoisotopic (exact) mass is 494 g/mol. The molecule has 32 heavy (non-hydrogen) atoms. The van der Waals surface area contributed by atoms with Gasteiger partial charge in [0.15, 0.2) is 0 Å². The number of hydrogen-bond donors (Lipinski definition) is 1. The first-order valence-corrected chi connectivity index (χ1v) is 12.3. The maximum atomic E-state index is 12.6. The van der Waals surface area contributed by atoms with Gasteiger partial charge in [0.25, 0.3) is 5.22 Å². The van der Waals surface area contributed by atoms with Crippen molar-refractivity contribution in [3.05, 3.63) is 52.5 Å². The molecule has 1 amide bonds. The molecule has 0 saturated carbocycles. The Labute approximate surface area is 196 Å². The van der Waals surface area contributed by atoms with E-state index in [0.717, 1.165) is 32.8 Å². The quantitative estimate of drug-likeness (QED) is 0.486. The number of aromatic nitrogens is 2. The van der Waals surface area contributed by atoms with Crippen LogP contribution in [0.1, 0.15) is 18.1 Å². The molecule has 0 aliphatic rings. The van der Waals surface area contributed by atoms with Crippen molar-refractivity contribution < 1.29 is 17.6 Å². The summed E-state index contributed by atoms with van der Waals surface area (Å²) in [6.07, 6.45) is 0. The average molecular weight is 495 g/mol. The number of anilines is 1. The lowest BCUT2D eigenvalue weighted by Crippen LogP contribution is -2.24. The largest absolute Gasteiger partial charge is 0.411 e. The minimum atomic E-state index is -3.75. The van der Waals surface area contributed by atoms with Crippen LogP contribution < -0.4 is 5.32 Å². The molecule has 0 fully saturated rings. The second-order valence-electron chi connectivity index (χ2n) is 7.43. The van der Waals surface area contributed by atoms with Crippen LogP contribution in [0.3, 0.4) is 0 Å². The van der Waals surface area contributed by atoms with Gasteiger partial charge in [-0.05, 0) is 51.1 Å². The fraction of sp³-hybridized carbons (Fsp3) is 0.286. The van der Waals surface area contributed by atoms with Crippen LogP contribution in [0.2, 0.25) is 5.02 Å². The molecule has 1 atom stereocenters. The highest BCUT2D eigenvalue weighted by Crippen LogP contribution is 2.29. The standard InChI is InChI=1S/C21H23ClN4O4S2/c1-12-8-13(2)10-15(9-12)20-24-25-21(30-20)31-14(3)19(27)23-16-6-7-17(22)18(11-16)32(28,29)26(4)5/h6-11,14H,1-5H3,(H,23,27). The molecule has 1 N–H and O–H groups in total. The third-order valence-corrected chi connectivity index (χ3v) is 7.71. The Kier molecular flexibility index (Phi) is 7.29. The highest BCUT2D eigenvalue weighted by Gasteiger charge is 2.23. The lowest BCUT2D eigenvalue weighted by atomic mass is 10.1. The van der Waals surface area contributed by atoms with E-state index in [1.165, 1.54) is 32.3 Å². The van der Waals surface area contributed by atoms with Crippen molar-refractivity contribution in [1.29, 1.82) is 0 Å². The Morgan fingerprint density at radius 2 is 1.78 bits per heavy atom. The number of nitrogens with zero attached hydrogens (tertiary/aromatic N) is 3. The Morgan fingerprint density at radius 3 is 2.41 bits per heavy atom. The van der Waals surface area contributed by atoms with E-state index in [9.17, 15) is 13.2 Å². The highest BCUT2D eigenvalue weighted by atomic mass is 35.5. The topological polar surface area (TPSA) is 105 Å². The third-order valence-electron chi connectivity index (χ3n) is 4.48. The van der Waals surface area contributed by atoms with Crippen LogP contribution in [0.5, 0.6) is 0 Å². The second-order valence-corrected chi connectivity index (χ2v) is 11.3. The molecule has 2 aromatic carbocycles. The fourth-order valence-corrected chi connectivity index (χ4v) is 4.97. The van der Waals surface area contributed by atoms with E-state index >= 15 is 0 Å². The average Bonchev–Trinajstić information content (AvgIpc) is 3.17. The summed E-state index contributed by atoms with van der Waals surface area (Å²) in [6, 6.07) is 10.2. The number of benzene rings is 2. The molecule has 1 unspecified atom stereocenters. The Hall–Kier alpha value is -2.40. The van der Waals surface area contributed by atoms with E-state index in [4.69, 9.17) is 16.0 Å². The predicted molar refractivity (Wildman–Crippen MR) is 125 cm³/mol. The van der Waals surface area contributed by atoms with Crippen LogP contribution >= 0.6 is 23.4 Å². The first-order valence-electron chi connectivity index (χ1n) is 9.59. The molecule has 8 nitrogen and oxygen atoms in total. The van der Waals surface area contributed by atoms with Crippen molar-refractivity contribution in [1.82, 2.24) is 14.5 Å². The molecule has 0 saturated heterocycles. The number of carbonyl (C=O) groups excluding carboxylic acids is 1. The summed E-state index contributed by atoms with van der Waals surface area (Å²) in [6.45, 7) is 5.66. The van der Waals surface area contributed by atoms with Crippen molar-refractivity contribution in [3.63, 3.8) is 0 Å². The van der Waals surface area contributed by atoms with Gasteiger partial charge in [0.2, 0.25) is 21.8 Å². The van der Waals surface area contributed by atoms with Crippen LogP contribution in [0.15, 0.2) is 50.9 Å². The molecule has 170 valence electrons. The van der Waals surface area contributed by atoms with Crippen LogP contribution in [-0.2, 0) is 14.8 Å². The van der Waals surface area contributed by atoms with Gasteiger partial charge in [0.1, 0.15) is 4.90 Å². The molecular weight excluding hydrogens is 472 g/mol. The zero-order valence-electron chi connectivity index (χ0n) is 18.2. The molecule has 3 aromatic rings. The van der Waals surface area contributed by atoms with Gasteiger partial charge in [-0.25, -0.2) is 12.7 Å². The molecule has 0 aliphatic heterocycles. The number of sulfonamides is 1. The third kappa shape index (κ3) is 5.50. The van der Waals surface area contributed by atoms with Crippen LogP contribution in [-0.4, -0.2) is 48.2 Å². The summed E-state index contributed by atoms with van der Waals surface area (Å²) >= 11 is 7.16. The van der Waals surface area contributed by atoms with E-state index in [1.54, 1.807) is 6.92 Å². The highest BCUT2D eigenvalue weighted by molar-refractivity contribution is 8.00. The SMILES string of the molecule is Cc1cc(C)cc(-c2nnc(SC(C)C(=O)Nc3ccc(Cl)c(S(=O)(=O)N(C)C)c3)o2)c1. The summed E-state index contributed by atoms with van der Waals surface area (Å²) in [4.78, 5) is 12.6. The maximum absolute atomic E-state index is 12.6. The summed E-state index contributed by atoms with van der Waals surface area (Å²) in [5.41, 5.74) is 3.29. The van der Waals surface area contributed by atoms with Gasteiger partial charge in [-0.1, -0.05) is 40.6 Å². The molecular formula is C21H23ClN4O4S2. The van der Waals surface area contributed by atoms with Crippen LogP contribution in [0, 0.1) is 13.8 Å². The van der Waals surface area contributed by atoms with Crippen molar-refractivity contribution in [2.45, 2.75) is 36.1 Å². The number of hydrogen-bond acceptors (Lipinski definition) is 7. The Balaban J connectivity index is 1.72. The minimum Gasteiger partial charge on any atom is -0.411 e. The Bertz CT molecular complexity index is 1240. The van der Waals surface area contributed by atoms with Crippen molar-refractivity contribution in [2.24, 2.45) is 0 Å². The summed E-state index contributed by atoms with van der Waals surface area (Å²) < 4.78 is 31.6. The first kappa shape index (κ1) is 24.2. The first-order chi connectivity index (χ1) is 15.0. The molecule has 0 aliphatic carbocycles. The van der Waals surface area contributed by atoms with E-state index < -0.39 is 15.3 Å². The summed E-state index contributed by atoms with van der Waals surface area (Å²) in [5, 5.41) is 10.6. The Morgan fingerprint density at radius 1 is 1.12 bits per heavy atom. The number of carbonyl (C=O) groups is 1. The van der Waals surface area contributed by atoms with Gasteiger partial charge >= 0.3 is 0 Å². The molecule has 3 rings (SSSR count). The zero-order chi connectivity index (χ0) is 23.6. The van der Waals surface area contributed by atoms with Gasteiger partial charge in [0.05, 0.1) is 10.3 Å². The minimum absolute atomic E-state index is 0.0731. The fourth-order valence-electron chi connectivity index (χ4n) is 2.90. The van der Waals surface area contributed by atoms with Crippen molar-refractivity contribution in [3.8, 4) is 11.5 Å². The van der Waals surface area contributed by atoms with Crippen molar-refractivity contribution in [2.75, 3.05) is 19.4 Å². The molecule has 1 aromatic heterocycles. The maximum Gasteiger partial charge on any atom is 0.277 e. The number of amides is 1. The molecule has 0 bridgehead atoms. The molecule has 11 heteroatoms. The van der Waals surface area contributed by atoms with Gasteiger partial charge in [-0.15, -0.1) is 10.2 Å². The predicted octanol–water partition coefficient (Wildman–Crippen LogP) is 4.38. The van der Waals surface area contributed by atoms with Gasteiger partial charge in [0, 0.05) is 25.3 Å².